The van der Waals surface area contributed by atoms with Crippen LogP contribution in [0.2, 0.25) is 5.02 Å². The number of thioether (sulfide) groups is 1. The highest BCUT2D eigenvalue weighted by atomic mass is 127. The van der Waals surface area contributed by atoms with Gasteiger partial charge in [-0.3, -0.25) is 0 Å². The van der Waals surface area contributed by atoms with E-state index in [-0.39, 0.29) is 17.3 Å². The fourth-order valence-electron chi connectivity index (χ4n) is 3.57. The lowest BCUT2D eigenvalue weighted by atomic mass is 10.2. The summed E-state index contributed by atoms with van der Waals surface area (Å²) in [4.78, 5) is 12.2. The number of halogens is 3. The molecule has 0 bridgehead atoms. The molecule has 0 amide bonds. The molecule has 4 aromatic rings. The Balaban J connectivity index is 1.62. The third-order valence-electron chi connectivity index (χ3n) is 5.43. The number of carbonyl (C=O) groups is 1. The van der Waals surface area contributed by atoms with E-state index >= 15 is 0 Å². The van der Waals surface area contributed by atoms with Crippen LogP contribution < -0.4 is 9.47 Å². The molecule has 0 spiro atoms. The molecule has 0 atom stereocenters. The van der Waals surface area contributed by atoms with Crippen LogP contribution in [0.3, 0.4) is 0 Å². The number of carboxylic acid groups (broad SMARTS) is 1. The minimum absolute atomic E-state index is 0.0209. The second-order valence-electron chi connectivity index (χ2n) is 7.89. The zero-order chi connectivity index (χ0) is 27.2. The van der Waals surface area contributed by atoms with Gasteiger partial charge in [-0.15, -0.1) is 10.2 Å². The van der Waals surface area contributed by atoms with E-state index in [1.165, 1.54) is 19.3 Å². The maximum absolute atomic E-state index is 14.0. The summed E-state index contributed by atoms with van der Waals surface area (Å²) in [5, 5.41) is 19.5. The Labute approximate surface area is 241 Å². The van der Waals surface area contributed by atoms with Crippen molar-refractivity contribution in [3.63, 3.8) is 0 Å². The van der Waals surface area contributed by atoms with Crippen LogP contribution in [0.1, 0.15) is 18.1 Å². The first kappa shape index (κ1) is 27.9. The first-order valence-electron chi connectivity index (χ1n) is 11.4. The molecule has 1 heterocycles. The number of hydrogen-bond acceptors (Lipinski definition) is 6. The Morgan fingerprint density at radius 2 is 1.92 bits per heavy atom. The van der Waals surface area contributed by atoms with E-state index in [2.05, 4.69) is 32.8 Å². The molecule has 0 aliphatic rings. The summed E-state index contributed by atoms with van der Waals surface area (Å²) >= 11 is 9.08. The van der Waals surface area contributed by atoms with Crippen molar-refractivity contribution < 1.29 is 23.8 Å². The van der Waals surface area contributed by atoms with E-state index in [9.17, 15) is 14.3 Å². The summed E-state index contributed by atoms with van der Waals surface area (Å²) in [5.41, 5.74) is 1.83. The molecular weight excluding hydrogens is 644 g/mol. The van der Waals surface area contributed by atoms with E-state index in [0.717, 1.165) is 17.3 Å². The van der Waals surface area contributed by atoms with Gasteiger partial charge < -0.3 is 19.1 Å². The quantitative estimate of drug-likeness (QED) is 0.109. The molecule has 0 unspecified atom stereocenters. The molecule has 0 fully saturated rings. The second kappa shape index (κ2) is 12.6. The first-order chi connectivity index (χ1) is 18.3. The van der Waals surface area contributed by atoms with Crippen molar-refractivity contribution >= 4 is 58.0 Å². The minimum atomic E-state index is -1.11. The molecule has 0 aliphatic carbocycles. The zero-order valence-electron chi connectivity index (χ0n) is 20.3. The van der Waals surface area contributed by atoms with Gasteiger partial charge in [-0.1, -0.05) is 29.8 Å². The van der Waals surface area contributed by atoms with Gasteiger partial charge in [0.15, 0.2) is 22.5 Å². The van der Waals surface area contributed by atoms with Gasteiger partial charge in [-0.2, -0.15) is 0 Å². The predicted molar refractivity (Wildman–Crippen MR) is 154 cm³/mol. The highest BCUT2D eigenvalue weighted by Crippen LogP contribution is 2.37. The summed E-state index contributed by atoms with van der Waals surface area (Å²) in [7, 11) is 1.49. The van der Waals surface area contributed by atoms with Gasteiger partial charge in [0, 0.05) is 22.7 Å². The van der Waals surface area contributed by atoms with E-state index in [1.807, 2.05) is 23.6 Å². The standard InChI is InChI=1S/C27H22ClFIN3O4S/c1-3-33-25(17-8-10-19(28)11-9-17)31-32-27(33)38-23(26(34)35)14-16-12-21(30)24(22(13-16)36-2)37-15-18-6-4-5-7-20(18)29/h4-14H,3,15H2,1-2H3,(H,34,35)/b23-14-. The fraction of sp³-hybridized carbons (Fsp3) is 0.148. The van der Waals surface area contributed by atoms with Gasteiger partial charge in [-0.25, -0.2) is 9.18 Å². The Morgan fingerprint density at radius 1 is 1.18 bits per heavy atom. The van der Waals surface area contributed by atoms with Crippen molar-refractivity contribution in [3.8, 4) is 22.9 Å². The van der Waals surface area contributed by atoms with Crippen LogP contribution in [0.25, 0.3) is 17.5 Å². The molecule has 7 nitrogen and oxygen atoms in total. The Kier molecular flexibility index (Phi) is 9.29. The minimum Gasteiger partial charge on any atom is -0.493 e. The number of carboxylic acids is 1. The maximum atomic E-state index is 14.0. The van der Waals surface area contributed by atoms with Crippen molar-refractivity contribution in [2.24, 2.45) is 0 Å². The van der Waals surface area contributed by atoms with Crippen LogP contribution >= 0.6 is 46.0 Å². The number of aromatic nitrogens is 3. The lowest BCUT2D eigenvalue weighted by Crippen LogP contribution is -2.03. The van der Waals surface area contributed by atoms with Gasteiger partial charge in [-0.05, 0) is 95.4 Å². The molecule has 196 valence electrons. The van der Waals surface area contributed by atoms with Crippen LogP contribution in [-0.2, 0) is 17.9 Å². The monoisotopic (exact) mass is 665 g/mol. The van der Waals surface area contributed by atoms with Crippen LogP contribution in [-0.4, -0.2) is 33.0 Å². The van der Waals surface area contributed by atoms with Crippen molar-refractivity contribution in [1.82, 2.24) is 14.8 Å². The van der Waals surface area contributed by atoms with Crippen molar-refractivity contribution in [2.75, 3.05) is 7.11 Å². The van der Waals surface area contributed by atoms with Crippen molar-refractivity contribution in [1.29, 1.82) is 0 Å². The average molecular weight is 666 g/mol. The summed E-state index contributed by atoms with van der Waals surface area (Å²) in [6.07, 6.45) is 1.54. The molecule has 0 saturated carbocycles. The van der Waals surface area contributed by atoms with Crippen molar-refractivity contribution in [3.05, 3.63) is 91.1 Å². The normalized spacial score (nSPS) is 11.4. The van der Waals surface area contributed by atoms with Crippen molar-refractivity contribution in [2.45, 2.75) is 25.2 Å². The van der Waals surface area contributed by atoms with E-state index in [0.29, 0.717) is 48.7 Å². The highest BCUT2D eigenvalue weighted by Gasteiger charge is 2.19. The topological polar surface area (TPSA) is 86.5 Å². The zero-order valence-corrected chi connectivity index (χ0v) is 24.1. The number of aliphatic carboxylic acids is 1. The summed E-state index contributed by atoms with van der Waals surface area (Å²) in [5.74, 6) is -0.0119. The fourth-order valence-corrected chi connectivity index (χ4v) is 5.37. The molecule has 4 rings (SSSR count). The van der Waals surface area contributed by atoms with E-state index in [4.69, 9.17) is 21.1 Å². The summed E-state index contributed by atoms with van der Waals surface area (Å²) in [6, 6.07) is 17.0. The molecule has 38 heavy (non-hydrogen) atoms. The Morgan fingerprint density at radius 3 is 2.58 bits per heavy atom. The van der Waals surface area contributed by atoms with E-state index < -0.39 is 5.97 Å². The van der Waals surface area contributed by atoms with Crippen LogP contribution in [0.4, 0.5) is 4.39 Å². The maximum Gasteiger partial charge on any atom is 0.342 e. The number of rotatable bonds is 10. The molecule has 0 aliphatic heterocycles. The Hall–Kier alpha value is -3.09. The smallest absolute Gasteiger partial charge is 0.342 e. The van der Waals surface area contributed by atoms with Gasteiger partial charge in [0.25, 0.3) is 0 Å². The predicted octanol–water partition coefficient (Wildman–Crippen LogP) is 7.17. The molecular formula is C27H22ClFIN3O4S. The van der Waals surface area contributed by atoms with Gasteiger partial charge in [0.2, 0.25) is 0 Å². The lowest BCUT2D eigenvalue weighted by molar-refractivity contribution is -0.131. The molecule has 11 heteroatoms. The van der Waals surface area contributed by atoms with Crippen LogP contribution in [0, 0.1) is 9.39 Å². The second-order valence-corrected chi connectivity index (χ2v) is 10.5. The number of nitrogens with zero attached hydrogens (tertiary/aromatic N) is 3. The molecule has 0 saturated heterocycles. The average Bonchev–Trinajstić information content (AvgIpc) is 3.31. The lowest BCUT2D eigenvalue weighted by Gasteiger charge is -2.14. The molecule has 3 aromatic carbocycles. The van der Waals surface area contributed by atoms with Gasteiger partial charge in [0.05, 0.1) is 10.7 Å². The van der Waals surface area contributed by atoms with Gasteiger partial charge in [0.1, 0.15) is 17.3 Å². The number of hydrogen-bond donors (Lipinski definition) is 1. The third kappa shape index (κ3) is 6.48. The summed E-state index contributed by atoms with van der Waals surface area (Å²) in [6.45, 7) is 2.50. The molecule has 1 N–H and O–H groups in total. The summed E-state index contributed by atoms with van der Waals surface area (Å²) < 4.78 is 27.9. The number of ether oxygens (including phenoxy) is 2. The first-order valence-corrected chi connectivity index (χ1v) is 13.6. The Bertz CT molecular complexity index is 1490. The van der Waals surface area contributed by atoms with Crippen LogP contribution in [0.15, 0.2) is 70.7 Å². The largest absolute Gasteiger partial charge is 0.493 e. The SMILES string of the molecule is CCn1c(S/C(=C\c2cc(I)c(OCc3ccccc3F)c(OC)c2)C(=O)O)nnc1-c1ccc(Cl)cc1. The van der Waals surface area contributed by atoms with E-state index in [1.54, 1.807) is 42.5 Å². The van der Waals surface area contributed by atoms with Gasteiger partial charge >= 0.3 is 5.97 Å². The molecule has 1 aromatic heterocycles. The number of methoxy groups -OCH3 is 1. The number of benzene rings is 3. The molecule has 0 radical (unpaired) electrons. The van der Waals surface area contributed by atoms with Crippen LogP contribution in [0.5, 0.6) is 11.5 Å². The third-order valence-corrected chi connectivity index (χ3v) is 7.48. The highest BCUT2D eigenvalue weighted by molar-refractivity contribution is 14.1.